The van der Waals surface area contributed by atoms with E-state index in [0.717, 1.165) is 26.2 Å². The normalized spacial score (nSPS) is 22.1. The molecule has 2 heterocycles. The molecule has 2 N–H and O–H groups in total. The van der Waals surface area contributed by atoms with Crippen LogP contribution in [0.3, 0.4) is 0 Å². The van der Waals surface area contributed by atoms with Crippen molar-refractivity contribution in [2.24, 2.45) is 0 Å². The second kappa shape index (κ2) is 6.57. The molecule has 1 atom stereocenters. The number of aliphatic hydroxyl groups excluding tert-OH is 1. The number of aliphatic hydroxyl groups is 1. The van der Waals surface area contributed by atoms with Crippen LogP contribution in [-0.2, 0) is 0 Å². The average molecular weight is 275 g/mol. The van der Waals surface area contributed by atoms with Crippen LogP contribution in [0, 0.1) is 0 Å². The van der Waals surface area contributed by atoms with Crippen molar-refractivity contribution in [3.63, 3.8) is 0 Å². The summed E-state index contributed by atoms with van der Waals surface area (Å²) in [6, 6.07) is 8.95. The van der Waals surface area contributed by atoms with Crippen molar-refractivity contribution >= 4 is 5.69 Å². The first-order valence-corrected chi connectivity index (χ1v) is 7.79. The Balaban J connectivity index is 1.71. The Morgan fingerprint density at radius 3 is 2.25 bits per heavy atom. The molecule has 0 unspecified atom stereocenters. The SMILES string of the molecule is OC[C@H](c1ccc(N2CCCC2)cc1)N1CCNCC1. The van der Waals surface area contributed by atoms with Gasteiger partial charge < -0.3 is 15.3 Å². The van der Waals surface area contributed by atoms with Gasteiger partial charge in [0.15, 0.2) is 0 Å². The van der Waals surface area contributed by atoms with E-state index in [1.165, 1.54) is 37.2 Å². The molecule has 20 heavy (non-hydrogen) atoms. The summed E-state index contributed by atoms with van der Waals surface area (Å²) >= 11 is 0. The largest absolute Gasteiger partial charge is 0.394 e. The summed E-state index contributed by atoms with van der Waals surface area (Å²) in [6.07, 6.45) is 2.61. The molecule has 0 spiro atoms. The van der Waals surface area contributed by atoms with Crippen LogP contribution in [0.1, 0.15) is 24.4 Å². The Labute approximate surface area is 121 Å². The van der Waals surface area contributed by atoms with Gasteiger partial charge in [-0.3, -0.25) is 4.90 Å². The lowest BCUT2D eigenvalue weighted by Gasteiger charge is -2.34. The molecule has 0 amide bonds. The van der Waals surface area contributed by atoms with Gasteiger partial charge in [0.2, 0.25) is 0 Å². The summed E-state index contributed by atoms with van der Waals surface area (Å²) < 4.78 is 0. The standard InChI is InChI=1S/C16H25N3O/c20-13-16(19-11-7-17-8-12-19)14-3-5-15(6-4-14)18-9-1-2-10-18/h3-6,16-17,20H,1-2,7-13H2/t16-/m1/s1. The van der Waals surface area contributed by atoms with Crippen molar-refractivity contribution in [2.45, 2.75) is 18.9 Å². The van der Waals surface area contributed by atoms with Crippen LogP contribution in [0.5, 0.6) is 0 Å². The number of nitrogens with zero attached hydrogens (tertiary/aromatic N) is 2. The van der Waals surface area contributed by atoms with E-state index >= 15 is 0 Å². The molecule has 2 aliphatic rings. The van der Waals surface area contributed by atoms with Gasteiger partial charge in [-0.05, 0) is 30.5 Å². The minimum Gasteiger partial charge on any atom is -0.394 e. The van der Waals surface area contributed by atoms with Gasteiger partial charge in [-0.25, -0.2) is 0 Å². The predicted octanol–water partition coefficient (Wildman–Crippen LogP) is 1.23. The monoisotopic (exact) mass is 275 g/mol. The maximum absolute atomic E-state index is 9.74. The Morgan fingerprint density at radius 1 is 1.00 bits per heavy atom. The molecule has 2 aliphatic heterocycles. The molecule has 2 saturated heterocycles. The number of anilines is 1. The quantitative estimate of drug-likeness (QED) is 0.867. The molecule has 1 aromatic carbocycles. The topological polar surface area (TPSA) is 38.7 Å². The van der Waals surface area contributed by atoms with E-state index in [9.17, 15) is 5.11 Å². The third-order valence-electron chi connectivity index (χ3n) is 4.51. The lowest BCUT2D eigenvalue weighted by Crippen LogP contribution is -2.46. The van der Waals surface area contributed by atoms with Gasteiger partial charge in [0.25, 0.3) is 0 Å². The van der Waals surface area contributed by atoms with Crippen LogP contribution in [0.15, 0.2) is 24.3 Å². The van der Waals surface area contributed by atoms with Gasteiger partial charge in [0.05, 0.1) is 12.6 Å². The van der Waals surface area contributed by atoms with E-state index in [2.05, 4.69) is 39.4 Å². The molecule has 4 nitrogen and oxygen atoms in total. The first-order chi connectivity index (χ1) is 9.88. The highest BCUT2D eigenvalue weighted by molar-refractivity contribution is 5.48. The maximum Gasteiger partial charge on any atom is 0.0628 e. The zero-order chi connectivity index (χ0) is 13.8. The maximum atomic E-state index is 9.74. The number of rotatable bonds is 4. The zero-order valence-corrected chi connectivity index (χ0v) is 12.1. The molecule has 2 fully saturated rings. The second-order valence-corrected chi connectivity index (χ2v) is 5.77. The molecule has 1 aromatic rings. The summed E-state index contributed by atoms with van der Waals surface area (Å²) in [6.45, 7) is 6.62. The fourth-order valence-corrected chi connectivity index (χ4v) is 3.31. The van der Waals surface area contributed by atoms with E-state index in [-0.39, 0.29) is 12.6 Å². The summed E-state index contributed by atoms with van der Waals surface area (Å²) in [5.41, 5.74) is 2.56. The van der Waals surface area contributed by atoms with E-state index in [1.54, 1.807) is 0 Å². The zero-order valence-electron chi connectivity index (χ0n) is 12.1. The number of piperazine rings is 1. The summed E-state index contributed by atoms with van der Waals surface area (Å²) in [5.74, 6) is 0. The molecule has 3 rings (SSSR count). The van der Waals surface area contributed by atoms with Crippen molar-refractivity contribution in [3.8, 4) is 0 Å². The van der Waals surface area contributed by atoms with Crippen LogP contribution >= 0.6 is 0 Å². The van der Waals surface area contributed by atoms with Crippen molar-refractivity contribution in [2.75, 3.05) is 50.8 Å². The van der Waals surface area contributed by atoms with Crippen LogP contribution in [0.2, 0.25) is 0 Å². The fraction of sp³-hybridized carbons (Fsp3) is 0.625. The molecule has 4 heteroatoms. The minimum absolute atomic E-state index is 0.143. The van der Waals surface area contributed by atoms with E-state index in [0.29, 0.717) is 0 Å². The minimum atomic E-state index is 0.143. The predicted molar refractivity (Wildman–Crippen MR) is 82.2 cm³/mol. The lowest BCUT2D eigenvalue weighted by molar-refractivity contribution is 0.111. The second-order valence-electron chi connectivity index (χ2n) is 5.77. The molecule has 0 aromatic heterocycles. The van der Waals surface area contributed by atoms with Crippen LogP contribution in [0.25, 0.3) is 0 Å². The Bertz CT molecular complexity index is 408. The molecule has 110 valence electrons. The molecular weight excluding hydrogens is 250 g/mol. The van der Waals surface area contributed by atoms with Crippen LogP contribution in [0.4, 0.5) is 5.69 Å². The lowest BCUT2D eigenvalue weighted by atomic mass is 10.0. The first-order valence-electron chi connectivity index (χ1n) is 7.79. The van der Waals surface area contributed by atoms with Crippen molar-refractivity contribution < 1.29 is 5.11 Å². The third-order valence-corrected chi connectivity index (χ3v) is 4.51. The van der Waals surface area contributed by atoms with Gasteiger partial charge >= 0.3 is 0 Å². The summed E-state index contributed by atoms with van der Waals surface area (Å²) in [7, 11) is 0. The Kier molecular flexibility index (Phi) is 4.55. The van der Waals surface area contributed by atoms with Gasteiger partial charge in [-0.15, -0.1) is 0 Å². The van der Waals surface area contributed by atoms with E-state index in [4.69, 9.17) is 0 Å². The van der Waals surface area contributed by atoms with Gasteiger partial charge in [-0.2, -0.15) is 0 Å². The van der Waals surface area contributed by atoms with Gasteiger partial charge in [0, 0.05) is 45.0 Å². The van der Waals surface area contributed by atoms with Crippen molar-refractivity contribution in [1.29, 1.82) is 0 Å². The molecule has 0 saturated carbocycles. The number of nitrogens with one attached hydrogen (secondary N) is 1. The van der Waals surface area contributed by atoms with Crippen molar-refractivity contribution in [3.05, 3.63) is 29.8 Å². The molecular formula is C16H25N3O. The van der Waals surface area contributed by atoms with Gasteiger partial charge in [-0.1, -0.05) is 12.1 Å². The van der Waals surface area contributed by atoms with Crippen LogP contribution in [-0.4, -0.2) is 55.9 Å². The summed E-state index contributed by atoms with van der Waals surface area (Å²) in [5, 5.41) is 13.1. The average Bonchev–Trinajstić information content (AvgIpc) is 3.04. The number of hydrogen-bond donors (Lipinski definition) is 2. The highest BCUT2D eigenvalue weighted by Gasteiger charge is 2.21. The van der Waals surface area contributed by atoms with E-state index < -0.39 is 0 Å². The number of hydrogen-bond acceptors (Lipinski definition) is 4. The molecule has 0 radical (unpaired) electrons. The first kappa shape index (κ1) is 13.9. The third kappa shape index (κ3) is 2.97. The van der Waals surface area contributed by atoms with Crippen molar-refractivity contribution in [1.82, 2.24) is 10.2 Å². The van der Waals surface area contributed by atoms with Gasteiger partial charge in [0.1, 0.15) is 0 Å². The Hall–Kier alpha value is -1.10. The van der Waals surface area contributed by atoms with Crippen LogP contribution < -0.4 is 10.2 Å². The molecule has 0 bridgehead atoms. The molecule has 0 aliphatic carbocycles. The van der Waals surface area contributed by atoms with E-state index in [1.807, 2.05) is 0 Å². The highest BCUT2D eigenvalue weighted by atomic mass is 16.3. The summed E-state index contributed by atoms with van der Waals surface area (Å²) in [4.78, 5) is 4.82. The smallest absolute Gasteiger partial charge is 0.0628 e. The number of benzene rings is 1. The Morgan fingerprint density at radius 2 is 1.65 bits per heavy atom. The fourth-order valence-electron chi connectivity index (χ4n) is 3.31. The highest BCUT2D eigenvalue weighted by Crippen LogP contribution is 2.25.